The Labute approximate surface area is 119 Å². The molecule has 0 unspecified atom stereocenters. The number of hydrogen-bond acceptors (Lipinski definition) is 1. The summed E-state index contributed by atoms with van der Waals surface area (Å²) in [6.45, 7) is 4.11. The van der Waals surface area contributed by atoms with Crippen molar-refractivity contribution in [3.05, 3.63) is 94.9 Å². The van der Waals surface area contributed by atoms with Gasteiger partial charge in [0, 0.05) is 0 Å². The summed E-state index contributed by atoms with van der Waals surface area (Å²) in [6.07, 6.45) is 0. The van der Waals surface area contributed by atoms with Crippen LogP contribution in [0.1, 0.15) is 34.1 Å². The van der Waals surface area contributed by atoms with Crippen molar-refractivity contribution < 1.29 is 4.42 Å². The van der Waals surface area contributed by atoms with Crippen LogP contribution in [-0.4, -0.2) is 0 Å². The molecule has 1 nitrogen and oxygen atoms in total. The van der Waals surface area contributed by atoms with Crippen molar-refractivity contribution in [3.63, 3.8) is 0 Å². The highest BCUT2D eigenvalue weighted by Gasteiger charge is 2.19. The fourth-order valence-electron chi connectivity index (χ4n) is 2.62. The summed E-state index contributed by atoms with van der Waals surface area (Å²) in [5.74, 6) is 2.11. The van der Waals surface area contributed by atoms with Gasteiger partial charge < -0.3 is 4.42 Å². The van der Waals surface area contributed by atoms with E-state index in [1.807, 2.05) is 19.1 Å². The van der Waals surface area contributed by atoms with Crippen molar-refractivity contribution in [2.75, 3.05) is 0 Å². The predicted octanol–water partition coefficient (Wildman–Crippen LogP) is 5.08. The van der Waals surface area contributed by atoms with E-state index in [1.54, 1.807) is 0 Å². The molecule has 0 N–H and O–H groups in total. The van der Waals surface area contributed by atoms with Crippen LogP contribution in [0, 0.1) is 13.8 Å². The number of furan rings is 1. The molecule has 0 saturated heterocycles. The Morgan fingerprint density at radius 1 is 0.750 bits per heavy atom. The topological polar surface area (TPSA) is 13.1 Å². The first-order valence-electron chi connectivity index (χ1n) is 6.92. The molecule has 0 aliphatic carbocycles. The van der Waals surface area contributed by atoms with Crippen molar-refractivity contribution in [3.8, 4) is 0 Å². The summed E-state index contributed by atoms with van der Waals surface area (Å²) in [6, 6.07) is 23.3. The Kier molecular flexibility index (Phi) is 3.42. The number of hydrogen-bond donors (Lipinski definition) is 0. The summed E-state index contributed by atoms with van der Waals surface area (Å²) in [4.78, 5) is 0. The SMILES string of the molecule is Cc1cccc([C@@H](c2ccccc2)c2ccc(C)o2)c1. The first-order chi connectivity index (χ1) is 9.74. The van der Waals surface area contributed by atoms with Crippen LogP contribution in [0.4, 0.5) is 0 Å². The van der Waals surface area contributed by atoms with Crippen LogP contribution in [0.25, 0.3) is 0 Å². The van der Waals surface area contributed by atoms with Gasteiger partial charge in [-0.05, 0) is 37.1 Å². The average molecular weight is 262 g/mol. The minimum atomic E-state index is 0.157. The number of benzene rings is 2. The van der Waals surface area contributed by atoms with E-state index in [9.17, 15) is 0 Å². The van der Waals surface area contributed by atoms with Crippen molar-refractivity contribution in [2.24, 2.45) is 0 Å². The molecule has 1 heteroatoms. The van der Waals surface area contributed by atoms with E-state index < -0.39 is 0 Å². The van der Waals surface area contributed by atoms with Gasteiger partial charge in [-0.1, -0.05) is 60.2 Å². The van der Waals surface area contributed by atoms with Gasteiger partial charge in [-0.25, -0.2) is 0 Å². The third-order valence-electron chi connectivity index (χ3n) is 3.55. The molecule has 0 aliphatic heterocycles. The van der Waals surface area contributed by atoms with Gasteiger partial charge in [-0.3, -0.25) is 0 Å². The number of aryl methyl sites for hydroxylation is 2. The standard InChI is InChI=1S/C19H18O/c1-14-7-6-10-17(13-14)19(16-8-4-3-5-9-16)18-12-11-15(2)20-18/h3-13,19H,1-2H3/t19-/m1/s1. The summed E-state index contributed by atoms with van der Waals surface area (Å²) >= 11 is 0. The van der Waals surface area contributed by atoms with Crippen molar-refractivity contribution in [1.82, 2.24) is 0 Å². The molecule has 2 aromatic carbocycles. The zero-order chi connectivity index (χ0) is 13.9. The average Bonchev–Trinajstić information content (AvgIpc) is 2.87. The smallest absolute Gasteiger partial charge is 0.116 e. The lowest BCUT2D eigenvalue weighted by atomic mass is 9.88. The quantitative estimate of drug-likeness (QED) is 0.641. The van der Waals surface area contributed by atoms with Crippen LogP contribution in [-0.2, 0) is 0 Å². The van der Waals surface area contributed by atoms with Crippen LogP contribution >= 0.6 is 0 Å². The molecule has 0 bridgehead atoms. The van der Waals surface area contributed by atoms with Gasteiger partial charge >= 0.3 is 0 Å². The van der Waals surface area contributed by atoms with Crippen LogP contribution in [0.3, 0.4) is 0 Å². The third kappa shape index (κ3) is 2.53. The van der Waals surface area contributed by atoms with Crippen LogP contribution in [0.15, 0.2) is 71.1 Å². The Bertz CT molecular complexity index is 695. The Balaban J connectivity index is 2.13. The molecule has 0 fully saturated rings. The van der Waals surface area contributed by atoms with E-state index in [-0.39, 0.29) is 5.92 Å². The first-order valence-corrected chi connectivity index (χ1v) is 6.92. The molecule has 0 aliphatic rings. The van der Waals surface area contributed by atoms with Gasteiger partial charge in [-0.2, -0.15) is 0 Å². The minimum Gasteiger partial charge on any atom is -0.465 e. The molecule has 20 heavy (non-hydrogen) atoms. The largest absolute Gasteiger partial charge is 0.465 e. The van der Waals surface area contributed by atoms with Gasteiger partial charge in [-0.15, -0.1) is 0 Å². The molecule has 0 saturated carbocycles. The Morgan fingerprint density at radius 2 is 1.50 bits per heavy atom. The fraction of sp³-hybridized carbons (Fsp3) is 0.158. The maximum atomic E-state index is 5.89. The monoisotopic (exact) mass is 262 g/mol. The molecule has 1 atom stereocenters. The second-order valence-electron chi connectivity index (χ2n) is 5.21. The second kappa shape index (κ2) is 5.38. The lowest BCUT2D eigenvalue weighted by molar-refractivity contribution is 0.478. The van der Waals surface area contributed by atoms with Crippen molar-refractivity contribution >= 4 is 0 Å². The molecular formula is C19H18O. The molecule has 1 aromatic heterocycles. The molecule has 3 aromatic rings. The lowest BCUT2D eigenvalue weighted by Crippen LogP contribution is -2.02. The second-order valence-corrected chi connectivity index (χ2v) is 5.21. The summed E-state index contributed by atoms with van der Waals surface area (Å²) in [7, 11) is 0. The van der Waals surface area contributed by atoms with E-state index >= 15 is 0 Å². The van der Waals surface area contributed by atoms with E-state index in [2.05, 4.69) is 61.5 Å². The van der Waals surface area contributed by atoms with E-state index in [0.29, 0.717) is 0 Å². The van der Waals surface area contributed by atoms with Gasteiger partial charge in [0.1, 0.15) is 11.5 Å². The highest BCUT2D eigenvalue weighted by atomic mass is 16.3. The molecule has 1 heterocycles. The fourth-order valence-corrected chi connectivity index (χ4v) is 2.62. The highest BCUT2D eigenvalue weighted by Crippen LogP contribution is 2.33. The van der Waals surface area contributed by atoms with Crippen LogP contribution in [0.5, 0.6) is 0 Å². The summed E-state index contributed by atoms with van der Waals surface area (Å²) < 4.78 is 5.89. The van der Waals surface area contributed by atoms with Gasteiger partial charge in [0.25, 0.3) is 0 Å². The molecular weight excluding hydrogens is 244 g/mol. The van der Waals surface area contributed by atoms with Crippen molar-refractivity contribution in [1.29, 1.82) is 0 Å². The van der Waals surface area contributed by atoms with Gasteiger partial charge in [0.2, 0.25) is 0 Å². The molecule has 0 radical (unpaired) electrons. The Morgan fingerprint density at radius 3 is 2.15 bits per heavy atom. The number of rotatable bonds is 3. The Hall–Kier alpha value is -2.28. The summed E-state index contributed by atoms with van der Waals surface area (Å²) in [5, 5.41) is 0. The van der Waals surface area contributed by atoms with E-state index in [4.69, 9.17) is 4.42 Å². The van der Waals surface area contributed by atoms with Gasteiger partial charge in [0.15, 0.2) is 0 Å². The van der Waals surface area contributed by atoms with Crippen LogP contribution in [0.2, 0.25) is 0 Å². The van der Waals surface area contributed by atoms with Gasteiger partial charge in [0.05, 0.1) is 5.92 Å². The molecule has 3 rings (SSSR count). The molecule has 0 amide bonds. The minimum absolute atomic E-state index is 0.157. The highest BCUT2D eigenvalue weighted by molar-refractivity contribution is 5.41. The zero-order valence-electron chi connectivity index (χ0n) is 11.8. The third-order valence-corrected chi connectivity index (χ3v) is 3.55. The van der Waals surface area contributed by atoms with E-state index in [1.165, 1.54) is 16.7 Å². The van der Waals surface area contributed by atoms with Crippen LogP contribution < -0.4 is 0 Å². The summed E-state index contributed by atoms with van der Waals surface area (Å²) in [5.41, 5.74) is 3.80. The lowest BCUT2D eigenvalue weighted by Gasteiger charge is -2.16. The predicted molar refractivity (Wildman–Crippen MR) is 82.0 cm³/mol. The molecule has 100 valence electrons. The maximum absolute atomic E-state index is 5.89. The van der Waals surface area contributed by atoms with E-state index in [0.717, 1.165) is 11.5 Å². The first kappa shape index (κ1) is 12.7. The zero-order valence-corrected chi connectivity index (χ0v) is 11.8. The van der Waals surface area contributed by atoms with Crippen molar-refractivity contribution in [2.45, 2.75) is 19.8 Å². The molecule has 0 spiro atoms. The normalized spacial score (nSPS) is 12.3. The maximum Gasteiger partial charge on any atom is 0.116 e.